The lowest BCUT2D eigenvalue weighted by molar-refractivity contribution is 0.320. The molecular formula is C17H21NO. The van der Waals surface area contributed by atoms with Crippen LogP contribution in [0.4, 0.5) is 0 Å². The molecule has 0 unspecified atom stereocenters. The summed E-state index contributed by atoms with van der Waals surface area (Å²) in [6.07, 6.45) is 8.13. The Morgan fingerprint density at radius 1 is 1.00 bits per heavy atom. The zero-order valence-corrected chi connectivity index (χ0v) is 11.5. The van der Waals surface area contributed by atoms with E-state index in [1.54, 1.807) is 12.4 Å². The van der Waals surface area contributed by atoms with Crippen molar-refractivity contribution >= 4 is 0 Å². The fraction of sp³-hybridized carbons (Fsp3) is 0.353. The molecule has 0 saturated carbocycles. The van der Waals surface area contributed by atoms with E-state index in [1.165, 1.54) is 30.4 Å². The third-order valence-corrected chi connectivity index (χ3v) is 3.14. The number of rotatable bonds is 7. The Labute approximate surface area is 115 Å². The van der Waals surface area contributed by atoms with Crippen molar-refractivity contribution in [2.45, 2.75) is 32.6 Å². The van der Waals surface area contributed by atoms with Gasteiger partial charge in [-0.05, 0) is 36.1 Å². The Balaban J connectivity index is 1.77. The van der Waals surface area contributed by atoms with E-state index in [1.807, 2.05) is 12.1 Å². The topological polar surface area (TPSA) is 22.1 Å². The molecule has 1 heterocycles. The summed E-state index contributed by atoms with van der Waals surface area (Å²) in [6.45, 7) is 2.92. The second-order valence-corrected chi connectivity index (χ2v) is 4.71. The summed E-state index contributed by atoms with van der Waals surface area (Å²) in [7, 11) is 0. The number of ether oxygens (including phenoxy) is 1. The van der Waals surface area contributed by atoms with Crippen molar-refractivity contribution in [3.8, 4) is 5.75 Å². The molecule has 0 radical (unpaired) electrons. The maximum atomic E-state index is 5.64. The highest BCUT2D eigenvalue weighted by atomic mass is 16.5. The molecule has 0 aliphatic carbocycles. The van der Waals surface area contributed by atoms with E-state index >= 15 is 0 Å². The predicted octanol–water partition coefficient (Wildman–Crippen LogP) is 4.05. The normalized spacial score (nSPS) is 10.4. The maximum Gasteiger partial charge on any atom is 0.137 e. The van der Waals surface area contributed by atoms with Gasteiger partial charge in [0.1, 0.15) is 5.75 Å². The van der Waals surface area contributed by atoms with Gasteiger partial charge in [-0.2, -0.15) is 0 Å². The molecule has 2 aromatic rings. The van der Waals surface area contributed by atoms with Crippen LogP contribution in [0.2, 0.25) is 0 Å². The smallest absolute Gasteiger partial charge is 0.137 e. The van der Waals surface area contributed by atoms with Crippen LogP contribution in [0, 0.1) is 0 Å². The maximum absolute atomic E-state index is 5.64. The molecule has 0 bridgehead atoms. The summed E-state index contributed by atoms with van der Waals surface area (Å²) in [5, 5.41) is 0. The van der Waals surface area contributed by atoms with E-state index < -0.39 is 0 Å². The minimum Gasteiger partial charge on any atom is -0.492 e. The van der Waals surface area contributed by atoms with Crippen LogP contribution in [0.15, 0.2) is 48.8 Å². The molecule has 0 aliphatic heterocycles. The predicted molar refractivity (Wildman–Crippen MR) is 78.5 cm³/mol. The molecule has 0 N–H and O–H groups in total. The van der Waals surface area contributed by atoms with Gasteiger partial charge in [0.05, 0.1) is 12.8 Å². The van der Waals surface area contributed by atoms with Crippen molar-refractivity contribution in [1.29, 1.82) is 0 Å². The Morgan fingerprint density at radius 2 is 1.74 bits per heavy atom. The first-order valence-corrected chi connectivity index (χ1v) is 6.99. The number of nitrogens with zero attached hydrogens (tertiary/aromatic N) is 1. The largest absolute Gasteiger partial charge is 0.492 e. The van der Waals surface area contributed by atoms with Gasteiger partial charge in [-0.1, -0.05) is 37.6 Å². The first-order valence-electron chi connectivity index (χ1n) is 6.99. The molecule has 0 saturated heterocycles. The van der Waals surface area contributed by atoms with Crippen molar-refractivity contribution in [2.24, 2.45) is 0 Å². The quantitative estimate of drug-likeness (QED) is 0.744. The lowest BCUT2D eigenvalue weighted by Gasteiger charge is -2.06. The Kier molecular flexibility index (Phi) is 5.42. The minimum absolute atomic E-state index is 0.694. The second kappa shape index (κ2) is 7.57. The highest BCUT2D eigenvalue weighted by molar-refractivity contribution is 5.23. The van der Waals surface area contributed by atoms with Crippen LogP contribution in [-0.4, -0.2) is 11.6 Å². The summed E-state index contributed by atoms with van der Waals surface area (Å²) in [6, 6.07) is 12.7. The van der Waals surface area contributed by atoms with Gasteiger partial charge >= 0.3 is 0 Å². The minimum atomic E-state index is 0.694. The fourth-order valence-electron chi connectivity index (χ4n) is 1.97. The third kappa shape index (κ3) is 4.74. The third-order valence-electron chi connectivity index (χ3n) is 3.14. The van der Waals surface area contributed by atoms with Crippen LogP contribution in [0.5, 0.6) is 5.75 Å². The van der Waals surface area contributed by atoms with E-state index in [4.69, 9.17) is 4.74 Å². The number of hydrogen-bond donors (Lipinski definition) is 0. The van der Waals surface area contributed by atoms with E-state index in [-0.39, 0.29) is 0 Å². The van der Waals surface area contributed by atoms with Gasteiger partial charge in [0.15, 0.2) is 0 Å². The van der Waals surface area contributed by atoms with Crippen molar-refractivity contribution in [2.75, 3.05) is 6.61 Å². The molecular weight excluding hydrogens is 234 g/mol. The second-order valence-electron chi connectivity index (χ2n) is 4.71. The Morgan fingerprint density at radius 3 is 2.37 bits per heavy atom. The van der Waals surface area contributed by atoms with Gasteiger partial charge in [-0.15, -0.1) is 0 Å². The standard InChI is InChI=1S/C17H21NO/c1-2-3-5-15-7-9-16(10-8-15)11-13-19-17-6-4-12-18-14-17/h4,6-10,12,14H,2-3,5,11,13H2,1H3. The molecule has 1 aromatic carbocycles. The van der Waals surface area contributed by atoms with Gasteiger partial charge < -0.3 is 4.74 Å². The SMILES string of the molecule is CCCCc1ccc(CCOc2cccnc2)cc1. The lowest BCUT2D eigenvalue weighted by atomic mass is 10.1. The van der Waals surface area contributed by atoms with Crippen LogP contribution in [0.1, 0.15) is 30.9 Å². The van der Waals surface area contributed by atoms with Crippen molar-refractivity contribution in [1.82, 2.24) is 4.98 Å². The van der Waals surface area contributed by atoms with Gasteiger partial charge in [-0.3, -0.25) is 4.98 Å². The van der Waals surface area contributed by atoms with Crippen LogP contribution in [0.25, 0.3) is 0 Å². The van der Waals surface area contributed by atoms with E-state index in [2.05, 4.69) is 36.2 Å². The summed E-state index contributed by atoms with van der Waals surface area (Å²) in [4.78, 5) is 4.03. The Bertz CT molecular complexity index is 464. The fourth-order valence-corrected chi connectivity index (χ4v) is 1.97. The average molecular weight is 255 g/mol. The van der Waals surface area contributed by atoms with Crippen LogP contribution in [0.3, 0.4) is 0 Å². The molecule has 19 heavy (non-hydrogen) atoms. The summed E-state index contributed by atoms with van der Waals surface area (Å²) in [5.41, 5.74) is 2.75. The average Bonchev–Trinajstić information content (AvgIpc) is 2.47. The molecule has 0 aliphatic rings. The molecule has 0 fully saturated rings. The highest BCUT2D eigenvalue weighted by Gasteiger charge is 1.97. The van der Waals surface area contributed by atoms with Gasteiger partial charge in [0.2, 0.25) is 0 Å². The van der Waals surface area contributed by atoms with E-state index in [0.717, 1.165) is 12.2 Å². The van der Waals surface area contributed by atoms with Gasteiger partial charge in [-0.25, -0.2) is 0 Å². The van der Waals surface area contributed by atoms with Gasteiger partial charge in [0.25, 0.3) is 0 Å². The number of unbranched alkanes of at least 4 members (excludes halogenated alkanes) is 1. The van der Waals surface area contributed by atoms with E-state index in [9.17, 15) is 0 Å². The van der Waals surface area contributed by atoms with Crippen LogP contribution >= 0.6 is 0 Å². The summed E-state index contributed by atoms with van der Waals surface area (Å²) >= 11 is 0. The monoisotopic (exact) mass is 255 g/mol. The molecule has 2 heteroatoms. The Hall–Kier alpha value is -1.83. The van der Waals surface area contributed by atoms with Crippen LogP contribution < -0.4 is 4.74 Å². The first-order chi connectivity index (χ1) is 9.38. The van der Waals surface area contributed by atoms with Crippen molar-refractivity contribution < 1.29 is 4.74 Å². The number of aryl methyl sites for hydroxylation is 1. The molecule has 1 aromatic heterocycles. The molecule has 100 valence electrons. The zero-order valence-electron chi connectivity index (χ0n) is 11.5. The molecule has 0 spiro atoms. The highest BCUT2D eigenvalue weighted by Crippen LogP contribution is 2.10. The number of hydrogen-bond acceptors (Lipinski definition) is 2. The molecule has 2 rings (SSSR count). The van der Waals surface area contributed by atoms with Crippen molar-refractivity contribution in [3.05, 3.63) is 59.9 Å². The lowest BCUT2D eigenvalue weighted by Crippen LogP contribution is -2.01. The number of benzene rings is 1. The molecule has 2 nitrogen and oxygen atoms in total. The van der Waals surface area contributed by atoms with E-state index in [0.29, 0.717) is 6.61 Å². The van der Waals surface area contributed by atoms with Crippen molar-refractivity contribution in [3.63, 3.8) is 0 Å². The summed E-state index contributed by atoms with van der Waals surface area (Å²) in [5.74, 6) is 0.835. The zero-order chi connectivity index (χ0) is 13.3. The number of pyridine rings is 1. The molecule has 0 atom stereocenters. The molecule has 0 amide bonds. The van der Waals surface area contributed by atoms with Gasteiger partial charge in [0, 0.05) is 12.6 Å². The summed E-state index contributed by atoms with van der Waals surface area (Å²) < 4.78 is 5.64. The number of aromatic nitrogens is 1. The van der Waals surface area contributed by atoms with Crippen LogP contribution in [-0.2, 0) is 12.8 Å². The first kappa shape index (κ1) is 13.6.